The van der Waals surface area contributed by atoms with Crippen molar-refractivity contribution in [3.05, 3.63) is 59.9 Å². The summed E-state index contributed by atoms with van der Waals surface area (Å²) in [6.45, 7) is 1.56. The third kappa shape index (κ3) is 5.28. The summed E-state index contributed by atoms with van der Waals surface area (Å²) in [6, 6.07) is 2.54. The van der Waals surface area contributed by atoms with Gasteiger partial charge in [0, 0.05) is 35.4 Å². The molecule has 29 heavy (non-hydrogen) atoms. The number of hydrogen-bond acceptors (Lipinski definition) is 8. The van der Waals surface area contributed by atoms with Crippen molar-refractivity contribution in [1.82, 2.24) is 15.4 Å². The molecule has 1 aromatic heterocycles. The molecule has 0 saturated heterocycles. The van der Waals surface area contributed by atoms with Crippen LogP contribution in [0.15, 0.2) is 26.8 Å². The molecular weight excluding hydrogens is 386 g/mol. The van der Waals surface area contributed by atoms with E-state index in [0.717, 1.165) is 0 Å². The van der Waals surface area contributed by atoms with Crippen LogP contribution in [0.1, 0.15) is 23.2 Å². The third-order valence-corrected chi connectivity index (χ3v) is 3.98. The van der Waals surface area contributed by atoms with Gasteiger partial charge < -0.3 is 14.5 Å². The predicted octanol–water partition coefficient (Wildman–Crippen LogP) is 0.380. The number of ether oxygens (including phenoxy) is 2. The van der Waals surface area contributed by atoms with Gasteiger partial charge in [-0.05, 0) is 13.3 Å². The summed E-state index contributed by atoms with van der Waals surface area (Å²) < 4.78 is 10.1. The molecule has 0 unspecified atom stereocenters. The number of aryl methyl sites for hydroxylation is 1. The van der Waals surface area contributed by atoms with Crippen LogP contribution < -0.4 is 26.1 Å². The summed E-state index contributed by atoms with van der Waals surface area (Å²) in [5, 5.41) is 14.9. The molecule has 0 aliphatic heterocycles. The molecule has 12 nitrogen and oxygen atoms in total. The van der Waals surface area contributed by atoms with Crippen LogP contribution in [0.25, 0.3) is 0 Å². The van der Waals surface area contributed by atoms with E-state index in [9.17, 15) is 24.5 Å². The van der Waals surface area contributed by atoms with Gasteiger partial charge in [-0.15, -0.1) is 0 Å². The predicted molar refractivity (Wildman–Crippen MR) is 103 cm³/mol. The van der Waals surface area contributed by atoms with Gasteiger partial charge in [0.05, 0.1) is 25.4 Å². The number of nitrogens with one attached hydrogen (secondary N) is 3. The van der Waals surface area contributed by atoms with Crippen molar-refractivity contribution < 1.29 is 19.2 Å². The number of H-pyrrole nitrogens is 2. The zero-order valence-electron chi connectivity index (χ0n) is 15.9. The average molecular weight is 405 g/mol. The number of amides is 1. The Balaban J connectivity index is 2.08. The highest BCUT2D eigenvalue weighted by atomic mass is 16.6. The van der Waals surface area contributed by atoms with Crippen LogP contribution in [0.4, 0.5) is 5.69 Å². The number of aromatic amines is 2. The molecule has 2 rings (SSSR count). The van der Waals surface area contributed by atoms with Gasteiger partial charge in [-0.2, -0.15) is 5.10 Å². The normalized spacial score (nSPS) is 10.7. The molecule has 3 N–H and O–H groups in total. The minimum atomic E-state index is -0.618. The lowest BCUT2D eigenvalue weighted by atomic mass is 10.1. The molecule has 0 spiro atoms. The number of hydrogen-bond donors (Lipinski definition) is 3. The maximum absolute atomic E-state index is 12.0. The van der Waals surface area contributed by atoms with E-state index < -0.39 is 22.1 Å². The van der Waals surface area contributed by atoms with E-state index in [1.807, 2.05) is 0 Å². The number of carbonyl (C=O) groups is 1. The van der Waals surface area contributed by atoms with Gasteiger partial charge in [0.15, 0.2) is 0 Å². The van der Waals surface area contributed by atoms with E-state index in [0.29, 0.717) is 5.69 Å². The van der Waals surface area contributed by atoms with Crippen LogP contribution in [-0.2, 0) is 11.2 Å². The summed E-state index contributed by atoms with van der Waals surface area (Å²) in [4.78, 5) is 50.0. The summed E-state index contributed by atoms with van der Waals surface area (Å²) in [7, 11) is 2.67. The Kier molecular flexibility index (Phi) is 6.85. The van der Waals surface area contributed by atoms with E-state index in [1.54, 1.807) is 6.92 Å². The summed E-state index contributed by atoms with van der Waals surface area (Å²) in [5.74, 6) is -0.205. The maximum atomic E-state index is 12.0. The van der Waals surface area contributed by atoms with E-state index in [1.165, 1.54) is 32.6 Å². The maximum Gasteiger partial charge on any atom is 0.325 e. The summed E-state index contributed by atoms with van der Waals surface area (Å²) >= 11 is 0. The van der Waals surface area contributed by atoms with Crippen LogP contribution in [0.5, 0.6) is 11.5 Å². The number of nitrogens with zero attached hydrogens (tertiary/aromatic N) is 2. The molecule has 154 valence electrons. The second-order valence-electron chi connectivity index (χ2n) is 5.83. The largest absolute Gasteiger partial charge is 0.496 e. The lowest BCUT2D eigenvalue weighted by Crippen LogP contribution is -2.28. The lowest BCUT2D eigenvalue weighted by Gasteiger charge is -2.08. The number of methoxy groups -OCH3 is 2. The first kappa shape index (κ1) is 21.3. The highest BCUT2D eigenvalue weighted by Gasteiger charge is 2.19. The minimum Gasteiger partial charge on any atom is -0.496 e. The van der Waals surface area contributed by atoms with Gasteiger partial charge in [-0.3, -0.25) is 24.7 Å². The number of hydrazone groups is 1. The van der Waals surface area contributed by atoms with Crippen molar-refractivity contribution in [1.29, 1.82) is 0 Å². The van der Waals surface area contributed by atoms with Crippen molar-refractivity contribution in [2.75, 3.05) is 14.2 Å². The second-order valence-corrected chi connectivity index (χ2v) is 5.83. The van der Waals surface area contributed by atoms with Crippen LogP contribution in [0.2, 0.25) is 0 Å². The minimum absolute atomic E-state index is 0.0227. The van der Waals surface area contributed by atoms with Crippen LogP contribution >= 0.6 is 0 Å². The second kappa shape index (κ2) is 9.30. The molecule has 0 bridgehead atoms. The molecule has 0 saturated carbocycles. The van der Waals surface area contributed by atoms with Gasteiger partial charge in [-0.25, -0.2) is 10.2 Å². The Bertz CT molecular complexity index is 1070. The zero-order chi connectivity index (χ0) is 21.6. The Morgan fingerprint density at radius 3 is 2.52 bits per heavy atom. The first-order valence-corrected chi connectivity index (χ1v) is 8.31. The number of rotatable bonds is 8. The summed E-state index contributed by atoms with van der Waals surface area (Å²) in [5.41, 5.74) is 1.74. The average Bonchev–Trinajstić information content (AvgIpc) is 2.66. The van der Waals surface area contributed by atoms with Crippen LogP contribution in [0, 0.1) is 17.0 Å². The third-order valence-electron chi connectivity index (χ3n) is 3.98. The molecule has 0 atom stereocenters. The Labute approximate surface area is 163 Å². The van der Waals surface area contributed by atoms with E-state index in [2.05, 4.69) is 20.5 Å². The SMILES string of the molecule is COc1cc(OC)c([N+](=O)[O-])cc1/C=N/NC(=O)CCc1c(C)[nH]c(=O)[nH]c1=O. The zero-order valence-corrected chi connectivity index (χ0v) is 15.9. The van der Waals surface area contributed by atoms with Gasteiger partial charge in [-0.1, -0.05) is 0 Å². The van der Waals surface area contributed by atoms with Gasteiger partial charge in [0.2, 0.25) is 11.7 Å². The highest BCUT2D eigenvalue weighted by molar-refractivity contribution is 5.87. The topological polar surface area (TPSA) is 169 Å². The first-order chi connectivity index (χ1) is 13.8. The highest BCUT2D eigenvalue weighted by Crippen LogP contribution is 2.33. The fourth-order valence-electron chi connectivity index (χ4n) is 2.54. The molecular formula is C17H19N5O7. The van der Waals surface area contributed by atoms with Crippen molar-refractivity contribution in [3.8, 4) is 11.5 Å². The van der Waals surface area contributed by atoms with Crippen LogP contribution in [-0.4, -0.2) is 41.2 Å². The quantitative estimate of drug-likeness (QED) is 0.324. The number of aromatic nitrogens is 2. The molecule has 1 heterocycles. The Hall–Kier alpha value is -3.96. The van der Waals surface area contributed by atoms with Gasteiger partial charge in [0.25, 0.3) is 5.56 Å². The molecule has 1 aromatic carbocycles. The smallest absolute Gasteiger partial charge is 0.325 e. The van der Waals surface area contributed by atoms with Gasteiger partial charge >= 0.3 is 11.4 Å². The lowest BCUT2D eigenvalue weighted by molar-refractivity contribution is -0.385. The fourth-order valence-corrected chi connectivity index (χ4v) is 2.54. The molecule has 0 radical (unpaired) electrons. The van der Waals surface area contributed by atoms with E-state index >= 15 is 0 Å². The molecule has 0 aliphatic carbocycles. The first-order valence-electron chi connectivity index (χ1n) is 8.31. The Morgan fingerprint density at radius 2 is 1.93 bits per heavy atom. The van der Waals surface area contributed by atoms with Crippen LogP contribution in [0.3, 0.4) is 0 Å². The number of carbonyl (C=O) groups excluding carboxylic acids is 1. The van der Waals surface area contributed by atoms with Crippen molar-refractivity contribution >= 4 is 17.8 Å². The van der Waals surface area contributed by atoms with Crippen molar-refractivity contribution in [3.63, 3.8) is 0 Å². The molecule has 1 amide bonds. The molecule has 2 aromatic rings. The number of nitro benzene ring substituents is 1. The molecule has 0 fully saturated rings. The standard InChI is InChI=1S/C17H19N5O7/c1-9-11(16(24)20-17(25)19-9)4-5-15(23)21-18-8-10-6-12(22(26)27)14(29-3)7-13(10)28-2/h6-8H,4-5H2,1-3H3,(H,21,23)(H2,19,20,24,25)/b18-8+. The van der Waals surface area contributed by atoms with E-state index in [-0.39, 0.29) is 41.2 Å². The van der Waals surface area contributed by atoms with Gasteiger partial charge in [0.1, 0.15) is 5.75 Å². The fraction of sp³-hybridized carbons (Fsp3) is 0.294. The molecule has 0 aliphatic rings. The van der Waals surface area contributed by atoms with Crippen molar-refractivity contribution in [2.24, 2.45) is 5.10 Å². The monoisotopic (exact) mass is 405 g/mol. The van der Waals surface area contributed by atoms with E-state index in [4.69, 9.17) is 9.47 Å². The Morgan fingerprint density at radius 1 is 1.24 bits per heavy atom. The van der Waals surface area contributed by atoms with Crippen molar-refractivity contribution in [2.45, 2.75) is 19.8 Å². The number of nitro groups is 1. The molecule has 12 heteroatoms. The number of benzene rings is 1. The summed E-state index contributed by atoms with van der Waals surface area (Å²) in [6.07, 6.45) is 1.23.